The molecular weight excluding hydrogens is 232 g/mol. The molecule has 0 radical (unpaired) electrons. The number of aryl methyl sites for hydroxylation is 2. The van der Waals surface area contributed by atoms with Crippen LogP contribution in [-0.4, -0.2) is 51.4 Å². The number of rotatable bonds is 4. The third kappa shape index (κ3) is 2.70. The van der Waals surface area contributed by atoms with Gasteiger partial charge in [0, 0.05) is 32.7 Å². The highest BCUT2D eigenvalue weighted by atomic mass is 16.4. The van der Waals surface area contributed by atoms with Gasteiger partial charge in [0.05, 0.1) is 11.4 Å². The Balaban J connectivity index is 2.13. The normalized spacial score (nSPS) is 21.1. The van der Waals surface area contributed by atoms with Crippen molar-refractivity contribution in [2.45, 2.75) is 33.0 Å². The maximum absolute atomic E-state index is 11.2. The molecule has 1 unspecified atom stereocenters. The lowest BCUT2D eigenvalue weighted by Crippen LogP contribution is -2.54. The van der Waals surface area contributed by atoms with Gasteiger partial charge in [-0.25, -0.2) is 0 Å². The molecule has 2 heterocycles. The zero-order valence-corrected chi connectivity index (χ0v) is 10.9. The van der Waals surface area contributed by atoms with E-state index >= 15 is 0 Å². The summed E-state index contributed by atoms with van der Waals surface area (Å²) >= 11 is 0. The third-order valence-electron chi connectivity index (χ3n) is 3.29. The number of carboxylic acid groups (broad SMARTS) is 1. The average molecular weight is 252 g/mol. The topological polar surface area (TPSA) is 70.4 Å². The van der Waals surface area contributed by atoms with E-state index in [9.17, 15) is 9.90 Å². The Kier molecular flexibility index (Phi) is 3.98. The van der Waals surface area contributed by atoms with Gasteiger partial charge in [0.1, 0.15) is 6.04 Å². The molecule has 6 nitrogen and oxygen atoms in total. The molecule has 2 rings (SSSR count). The van der Waals surface area contributed by atoms with Gasteiger partial charge in [0.15, 0.2) is 0 Å². The third-order valence-corrected chi connectivity index (χ3v) is 3.29. The maximum Gasteiger partial charge on any atom is 0.322 e. The lowest BCUT2D eigenvalue weighted by Gasteiger charge is -2.33. The fraction of sp³-hybridized carbons (Fsp3) is 0.667. The van der Waals surface area contributed by atoms with Crippen LogP contribution in [0.2, 0.25) is 0 Å². The van der Waals surface area contributed by atoms with Crippen LogP contribution in [0.15, 0.2) is 6.07 Å². The average Bonchev–Trinajstić information content (AvgIpc) is 2.70. The van der Waals surface area contributed by atoms with Gasteiger partial charge in [-0.05, 0) is 19.9 Å². The molecule has 0 aliphatic carbocycles. The summed E-state index contributed by atoms with van der Waals surface area (Å²) in [5.74, 6) is -0.763. The second-order valence-electron chi connectivity index (χ2n) is 4.62. The number of carboxylic acids is 1. The van der Waals surface area contributed by atoms with Crippen LogP contribution in [0.3, 0.4) is 0 Å². The van der Waals surface area contributed by atoms with Crippen molar-refractivity contribution in [2.75, 3.05) is 19.6 Å². The smallest absolute Gasteiger partial charge is 0.322 e. The van der Waals surface area contributed by atoms with E-state index in [0.717, 1.165) is 31.0 Å². The maximum atomic E-state index is 11.2. The lowest BCUT2D eigenvalue weighted by molar-refractivity contribution is -0.144. The predicted octanol–water partition coefficient (Wildman–Crippen LogP) is 0.0698. The van der Waals surface area contributed by atoms with Crippen LogP contribution in [0, 0.1) is 6.92 Å². The van der Waals surface area contributed by atoms with Crippen molar-refractivity contribution in [3.8, 4) is 0 Å². The van der Waals surface area contributed by atoms with Crippen molar-refractivity contribution in [3.05, 3.63) is 17.5 Å². The van der Waals surface area contributed by atoms with Gasteiger partial charge in [-0.1, -0.05) is 0 Å². The van der Waals surface area contributed by atoms with E-state index in [2.05, 4.69) is 10.4 Å². The molecule has 1 aromatic heterocycles. The molecule has 0 bridgehead atoms. The molecule has 0 spiro atoms. The van der Waals surface area contributed by atoms with E-state index in [1.807, 2.05) is 29.5 Å². The molecule has 1 aromatic rings. The van der Waals surface area contributed by atoms with E-state index in [1.54, 1.807) is 0 Å². The number of aliphatic carboxylic acids is 1. The van der Waals surface area contributed by atoms with Gasteiger partial charge in [-0.15, -0.1) is 0 Å². The zero-order chi connectivity index (χ0) is 13.1. The number of carbonyl (C=O) groups is 1. The SMILES string of the molecule is CCn1nc(C)cc1CN1CCNCC1C(=O)O. The predicted molar refractivity (Wildman–Crippen MR) is 67.3 cm³/mol. The summed E-state index contributed by atoms with van der Waals surface area (Å²) in [7, 11) is 0. The summed E-state index contributed by atoms with van der Waals surface area (Å²) in [4.78, 5) is 13.2. The van der Waals surface area contributed by atoms with E-state index in [0.29, 0.717) is 13.1 Å². The van der Waals surface area contributed by atoms with Crippen molar-refractivity contribution in [2.24, 2.45) is 0 Å². The Morgan fingerprint density at radius 2 is 2.44 bits per heavy atom. The summed E-state index contributed by atoms with van der Waals surface area (Å²) in [6.45, 7) is 7.56. The quantitative estimate of drug-likeness (QED) is 0.793. The van der Waals surface area contributed by atoms with Crippen molar-refractivity contribution in [3.63, 3.8) is 0 Å². The molecule has 0 amide bonds. The lowest BCUT2D eigenvalue weighted by atomic mass is 10.2. The van der Waals surface area contributed by atoms with Crippen LogP contribution in [0.4, 0.5) is 0 Å². The fourth-order valence-corrected chi connectivity index (χ4v) is 2.39. The molecule has 1 atom stereocenters. The first kappa shape index (κ1) is 13.0. The molecule has 0 aromatic carbocycles. The van der Waals surface area contributed by atoms with Gasteiger partial charge >= 0.3 is 5.97 Å². The fourth-order valence-electron chi connectivity index (χ4n) is 2.39. The highest BCUT2D eigenvalue weighted by Gasteiger charge is 2.28. The van der Waals surface area contributed by atoms with E-state index < -0.39 is 12.0 Å². The highest BCUT2D eigenvalue weighted by Crippen LogP contribution is 2.12. The molecule has 1 fully saturated rings. The van der Waals surface area contributed by atoms with Crippen LogP contribution in [0.1, 0.15) is 18.3 Å². The second kappa shape index (κ2) is 5.49. The molecular formula is C12H20N4O2. The largest absolute Gasteiger partial charge is 0.480 e. The van der Waals surface area contributed by atoms with Gasteiger partial charge in [-0.3, -0.25) is 14.4 Å². The van der Waals surface area contributed by atoms with Crippen LogP contribution >= 0.6 is 0 Å². The van der Waals surface area contributed by atoms with Gasteiger partial charge in [0.2, 0.25) is 0 Å². The van der Waals surface area contributed by atoms with Crippen molar-refractivity contribution in [1.82, 2.24) is 20.0 Å². The van der Waals surface area contributed by atoms with Crippen LogP contribution in [0.25, 0.3) is 0 Å². The van der Waals surface area contributed by atoms with E-state index in [-0.39, 0.29) is 0 Å². The number of nitrogens with zero attached hydrogens (tertiary/aromatic N) is 3. The number of piperazine rings is 1. The minimum absolute atomic E-state index is 0.445. The first-order chi connectivity index (χ1) is 8.61. The van der Waals surface area contributed by atoms with E-state index in [1.165, 1.54) is 0 Å². The summed E-state index contributed by atoms with van der Waals surface area (Å²) in [6.07, 6.45) is 0. The Morgan fingerprint density at radius 1 is 1.67 bits per heavy atom. The second-order valence-corrected chi connectivity index (χ2v) is 4.62. The van der Waals surface area contributed by atoms with Crippen LogP contribution in [0.5, 0.6) is 0 Å². The minimum Gasteiger partial charge on any atom is -0.480 e. The van der Waals surface area contributed by atoms with Crippen molar-refractivity contribution in [1.29, 1.82) is 0 Å². The molecule has 0 saturated carbocycles. The van der Waals surface area contributed by atoms with Crippen molar-refractivity contribution >= 4 is 5.97 Å². The monoisotopic (exact) mass is 252 g/mol. The zero-order valence-electron chi connectivity index (χ0n) is 10.9. The molecule has 100 valence electrons. The molecule has 2 N–H and O–H groups in total. The molecule has 1 aliphatic heterocycles. The minimum atomic E-state index is -0.763. The first-order valence-corrected chi connectivity index (χ1v) is 6.32. The number of hydrogen-bond donors (Lipinski definition) is 2. The molecule has 1 aliphatic rings. The summed E-state index contributed by atoms with van der Waals surface area (Å²) in [5, 5.41) is 16.7. The Bertz CT molecular complexity index is 430. The summed E-state index contributed by atoms with van der Waals surface area (Å²) in [6, 6.07) is 1.59. The summed E-state index contributed by atoms with van der Waals surface area (Å²) < 4.78 is 1.94. The van der Waals surface area contributed by atoms with Crippen LogP contribution < -0.4 is 5.32 Å². The Morgan fingerprint density at radius 3 is 3.11 bits per heavy atom. The molecule has 6 heteroatoms. The van der Waals surface area contributed by atoms with Crippen molar-refractivity contribution < 1.29 is 9.90 Å². The summed E-state index contributed by atoms with van der Waals surface area (Å²) in [5.41, 5.74) is 2.07. The number of hydrogen-bond acceptors (Lipinski definition) is 4. The van der Waals surface area contributed by atoms with Crippen LogP contribution in [-0.2, 0) is 17.9 Å². The van der Waals surface area contributed by atoms with E-state index in [4.69, 9.17) is 0 Å². The highest BCUT2D eigenvalue weighted by molar-refractivity contribution is 5.73. The molecule has 18 heavy (non-hydrogen) atoms. The standard InChI is InChI=1S/C12H20N4O2/c1-3-16-10(6-9(2)14-16)8-15-5-4-13-7-11(15)12(17)18/h6,11,13H,3-5,7-8H2,1-2H3,(H,17,18). The molecule has 1 saturated heterocycles. The van der Waals surface area contributed by atoms with Gasteiger partial charge < -0.3 is 10.4 Å². The Labute approximate surface area is 107 Å². The number of nitrogens with one attached hydrogen (secondary N) is 1. The van der Waals surface area contributed by atoms with Gasteiger partial charge in [0.25, 0.3) is 0 Å². The first-order valence-electron chi connectivity index (χ1n) is 6.32. The Hall–Kier alpha value is -1.40. The number of aromatic nitrogens is 2. The van der Waals surface area contributed by atoms with Gasteiger partial charge in [-0.2, -0.15) is 5.10 Å².